The summed E-state index contributed by atoms with van der Waals surface area (Å²) in [5.41, 5.74) is -0.0184. The van der Waals surface area contributed by atoms with Crippen LogP contribution in [0.3, 0.4) is 0 Å². The van der Waals surface area contributed by atoms with Crippen LogP contribution < -0.4 is 0 Å². The molecule has 3 N–H and O–H groups in total. The fourth-order valence-electron chi connectivity index (χ4n) is 3.04. The molecule has 144 valence electrons. The molecule has 28 heavy (non-hydrogen) atoms. The number of carbonyl (C=O) groups excluding carboxylic acids is 2. The number of aromatic nitrogens is 1. The Kier molecular flexibility index (Phi) is 3.81. The average molecular weight is 422 g/mol. The molecule has 0 saturated heterocycles. The Balaban J connectivity index is 1.74. The van der Waals surface area contributed by atoms with Gasteiger partial charge in [-0.15, -0.1) is 0 Å². The number of rotatable bonds is 3. The van der Waals surface area contributed by atoms with Gasteiger partial charge < -0.3 is 4.98 Å². The number of allylic oxidation sites excluding steroid dienone is 2. The van der Waals surface area contributed by atoms with Gasteiger partial charge in [-0.05, 0) is 30.3 Å². The fraction of sp³-hybridized carbons (Fsp3) is 0.0625. The maximum Gasteiger partial charge on any atom is 0.294 e. The predicted molar refractivity (Wildman–Crippen MR) is 96.2 cm³/mol. The lowest BCUT2D eigenvalue weighted by atomic mass is 9.96. The quantitative estimate of drug-likeness (QED) is 0.472. The van der Waals surface area contributed by atoms with E-state index in [9.17, 15) is 26.4 Å². The molecule has 12 heteroatoms. The number of hydrogen-bond acceptors (Lipinski definition) is 7. The van der Waals surface area contributed by atoms with Crippen LogP contribution in [0, 0.1) is 0 Å². The van der Waals surface area contributed by atoms with Crippen molar-refractivity contribution >= 4 is 48.4 Å². The number of Topliss-reactive ketones (excluding diaryl/α,β-unsaturated/α-hetero) is 2. The molecule has 0 spiro atoms. The zero-order valence-electron chi connectivity index (χ0n) is 13.6. The largest absolute Gasteiger partial charge is 0.353 e. The Hall–Kier alpha value is -2.93. The molecule has 4 rings (SSSR count). The lowest BCUT2D eigenvalue weighted by molar-refractivity contribution is -0.118. The molecule has 10 nitrogen and oxygen atoms in total. The Morgan fingerprint density at radius 2 is 1.75 bits per heavy atom. The minimum atomic E-state index is -4.72. The van der Waals surface area contributed by atoms with E-state index in [1.165, 1.54) is 30.3 Å². The van der Waals surface area contributed by atoms with Crippen LogP contribution in [-0.4, -0.2) is 53.5 Å². The summed E-state index contributed by atoms with van der Waals surface area (Å²) in [5, 5.41) is -1.51. The highest BCUT2D eigenvalue weighted by atomic mass is 32.2. The second-order valence-electron chi connectivity index (χ2n) is 6.12. The summed E-state index contributed by atoms with van der Waals surface area (Å²) in [7, 11) is -9.13. The number of hydrogen-bond donors (Lipinski definition) is 3. The molecule has 0 fully saturated rings. The van der Waals surface area contributed by atoms with E-state index >= 15 is 0 Å². The molecule has 0 radical (unpaired) electrons. The average Bonchev–Trinajstić information content (AvgIpc) is 3.13. The summed E-state index contributed by atoms with van der Waals surface area (Å²) < 4.78 is 63.4. The van der Waals surface area contributed by atoms with Crippen molar-refractivity contribution in [3.05, 3.63) is 53.4 Å². The highest BCUT2D eigenvalue weighted by Crippen LogP contribution is 2.30. The summed E-state index contributed by atoms with van der Waals surface area (Å²) in [6.45, 7) is 0. The van der Waals surface area contributed by atoms with Gasteiger partial charge in [-0.25, -0.2) is 4.99 Å². The number of fused-ring (bicyclic) bond motifs is 1. The van der Waals surface area contributed by atoms with Crippen LogP contribution in [0.1, 0.15) is 5.69 Å². The Labute approximate surface area is 157 Å². The van der Waals surface area contributed by atoms with E-state index in [1.807, 2.05) is 0 Å². The topological polar surface area (TPSA) is 171 Å². The van der Waals surface area contributed by atoms with E-state index in [2.05, 4.69) is 9.98 Å². The van der Waals surface area contributed by atoms with Crippen LogP contribution in [0.5, 0.6) is 0 Å². The third-order valence-electron chi connectivity index (χ3n) is 4.33. The summed E-state index contributed by atoms with van der Waals surface area (Å²) in [6.07, 6.45) is 2.11. The van der Waals surface area contributed by atoms with Gasteiger partial charge in [0, 0.05) is 10.9 Å². The van der Waals surface area contributed by atoms with E-state index in [1.54, 1.807) is 0 Å². The maximum atomic E-state index is 12.7. The molecule has 2 aliphatic rings. The summed E-state index contributed by atoms with van der Waals surface area (Å²) >= 11 is 0. The Morgan fingerprint density at radius 1 is 1.04 bits per heavy atom. The molecule has 1 aliphatic carbocycles. The van der Waals surface area contributed by atoms with Crippen LogP contribution in [0.15, 0.2) is 57.6 Å². The number of carbonyl (C=O) groups is 2. The standard InChI is InChI=1S/C16H10N2O8S2/c19-15-12(28(24,25)26)4-3-10-13(15)16(20)14(18-10)11-6-7-5-8(27(21,22)23)1-2-9(7)17-11/h1-6,12,17H,(H,21,22,23)(H,24,25,26). The van der Waals surface area contributed by atoms with E-state index in [-0.39, 0.29) is 22.0 Å². The minimum absolute atomic E-state index is 0.0258. The van der Waals surface area contributed by atoms with Crippen LogP contribution in [0.4, 0.5) is 0 Å². The molecule has 1 atom stereocenters. The van der Waals surface area contributed by atoms with Gasteiger partial charge in [-0.1, -0.05) is 6.08 Å². The first-order chi connectivity index (χ1) is 13.0. The van der Waals surface area contributed by atoms with E-state index < -0.39 is 42.6 Å². The Morgan fingerprint density at radius 3 is 2.39 bits per heavy atom. The zero-order chi connectivity index (χ0) is 20.4. The van der Waals surface area contributed by atoms with Crippen LogP contribution in [-0.2, 0) is 29.8 Å². The first kappa shape index (κ1) is 18.4. The maximum absolute atomic E-state index is 12.7. The number of aliphatic imine (C=N–C) groups is 1. The van der Waals surface area contributed by atoms with Crippen LogP contribution >= 0.6 is 0 Å². The Bertz CT molecular complexity index is 1390. The van der Waals surface area contributed by atoms with Crippen molar-refractivity contribution in [2.45, 2.75) is 10.1 Å². The van der Waals surface area contributed by atoms with Crippen molar-refractivity contribution in [3.8, 4) is 0 Å². The van der Waals surface area contributed by atoms with Crippen molar-refractivity contribution in [2.24, 2.45) is 4.99 Å². The third-order valence-corrected chi connectivity index (χ3v) is 6.19. The number of nitrogens with one attached hydrogen (secondary N) is 1. The molecular weight excluding hydrogens is 412 g/mol. The van der Waals surface area contributed by atoms with Crippen molar-refractivity contribution in [2.75, 3.05) is 0 Å². The summed E-state index contributed by atoms with van der Waals surface area (Å²) in [4.78, 5) is 31.5. The molecule has 1 aromatic carbocycles. The van der Waals surface area contributed by atoms with Crippen LogP contribution in [0.25, 0.3) is 10.9 Å². The van der Waals surface area contributed by atoms with Gasteiger partial charge in [0.1, 0.15) is 5.71 Å². The number of nitrogens with zero attached hydrogens (tertiary/aromatic N) is 1. The van der Waals surface area contributed by atoms with Crippen molar-refractivity contribution in [1.29, 1.82) is 0 Å². The second kappa shape index (κ2) is 5.78. The van der Waals surface area contributed by atoms with E-state index in [4.69, 9.17) is 9.11 Å². The minimum Gasteiger partial charge on any atom is -0.353 e. The lowest BCUT2D eigenvalue weighted by Gasteiger charge is -2.12. The second-order valence-corrected chi connectivity index (χ2v) is 9.08. The van der Waals surface area contributed by atoms with Gasteiger partial charge >= 0.3 is 0 Å². The first-order valence-corrected chi connectivity index (χ1v) is 10.6. The monoisotopic (exact) mass is 422 g/mol. The molecule has 0 amide bonds. The SMILES string of the molecule is O=C1C(c2cc3cc(S(=O)(=O)O)ccc3[nH]2)=NC2=C1C(=O)C(S(=O)(=O)O)C=C2. The molecule has 0 saturated carbocycles. The normalized spacial score (nSPS) is 20.1. The number of benzene rings is 1. The summed E-state index contributed by atoms with van der Waals surface area (Å²) in [6, 6.07) is 5.15. The molecule has 1 aliphatic heterocycles. The first-order valence-electron chi connectivity index (χ1n) is 7.64. The van der Waals surface area contributed by atoms with E-state index in [0.29, 0.717) is 10.9 Å². The molecule has 0 bridgehead atoms. The fourth-order valence-corrected chi connectivity index (χ4v) is 4.23. The lowest BCUT2D eigenvalue weighted by Crippen LogP contribution is -2.34. The predicted octanol–water partition coefficient (Wildman–Crippen LogP) is 0.436. The van der Waals surface area contributed by atoms with Gasteiger partial charge in [0.2, 0.25) is 5.78 Å². The molecule has 1 unspecified atom stereocenters. The number of H-pyrrole nitrogens is 1. The highest BCUT2D eigenvalue weighted by molar-refractivity contribution is 7.87. The highest BCUT2D eigenvalue weighted by Gasteiger charge is 2.42. The van der Waals surface area contributed by atoms with Crippen molar-refractivity contribution in [1.82, 2.24) is 4.98 Å². The molecular formula is C16H10N2O8S2. The number of aromatic amines is 1. The van der Waals surface area contributed by atoms with Crippen LogP contribution in [0.2, 0.25) is 0 Å². The van der Waals surface area contributed by atoms with Gasteiger partial charge in [0.15, 0.2) is 11.0 Å². The molecule has 2 heterocycles. The van der Waals surface area contributed by atoms with Crippen molar-refractivity contribution in [3.63, 3.8) is 0 Å². The van der Waals surface area contributed by atoms with Gasteiger partial charge in [-0.3, -0.25) is 18.7 Å². The van der Waals surface area contributed by atoms with Gasteiger partial charge in [0.05, 0.1) is 21.9 Å². The molecule has 1 aromatic heterocycles. The van der Waals surface area contributed by atoms with Crippen molar-refractivity contribution < 1.29 is 35.5 Å². The van der Waals surface area contributed by atoms with E-state index in [0.717, 1.165) is 6.08 Å². The van der Waals surface area contributed by atoms with Gasteiger partial charge in [-0.2, -0.15) is 16.8 Å². The number of ketones is 2. The zero-order valence-corrected chi connectivity index (χ0v) is 15.3. The third kappa shape index (κ3) is 2.82. The van der Waals surface area contributed by atoms with Gasteiger partial charge in [0.25, 0.3) is 20.2 Å². The smallest absolute Gasteiger partial charge is 0.294 e. The summed E-state index contributed by atoms with van der Waals surface area (Å²) in [5.74, 6) is -1.90. The molecule has 2 aromatic rings.